The van der Waals surface area contributed by atoms with E-state index in [4.69, 9.17) is 0 Å². The summed E-state index contributed by atoms with van der Waals surface area (Å²) in [4.78, 5) is 29.8. The van der Waals surface area contributed by atoms with E-state index in [1.54, 1.807) is 60.7 Å². The van der Waals surface area contributed by atoms with Crippen LogP contribution >= 0.6 is 0 Å². The van der Waals surface area contributed by atoms with E-state index in [1.807, 2.05) is 37.3 Å². The molecule has 9 heteroatoms. The fourth-order valence-electron chi connectivity index (χ4n) is 5.69. The van der Waals surface area contributed by atoms with Gasteiger partial charge in [0.1, 0.15) is 18.4 Å². The van der Waals surface area contributed by atoms with Crippen LogP contribution < -0.4 is 9.62 Å². The van der Waals surface area contributed by atoms with E-state index < -0.39 is 34.3 Å². The summed E-state index contributed by atoms with van der Waals surface area (Å²) in [6.45, 7) is 1.09. The van der Waals surface area contributed by atoms with Gasteiger partial charge in [0.15, 0.2) is 0 Å². The monoisotopic (exact) mass is 627 g/mol. The molecule has 0 saturated heterocycles. The molecular weight excluding hydrogens is 589 g/mol. The van der Waals surface area contributed by atoms with Gasteiger partial charge in [-0.05, 0) is 55.7 Å². The number of halogens is 1. The van der Waals surface area contributed by atoms with Crippen LogP contribution in [0.1, 0.15) is 42.4 Å². The highest BCUT2D eigenvalue weighted by Gasteiger charge is 2.35. The van der Waals surface area contributed by atoms with E-state index in [0.29, 0.717) is 5.69 Å². The van der Waals surface area contributed by atoms with E-state index in [2.05, 4.69) is 5.32 Å². The number of aryl methyl sites for hydroxylation is 1. The van der Waals surface area contributed by atoms with Gasteiger partial charge < -0.3 is 10.2 Å². The number of carbonyl (C=O) groups excluding carboxylic acids is 2. The number of amides is 2. The van der Waals surface area contributed by atoms with Crippen molar-refractivity contribution < 1.29 is 22.4 Å². The largest absolute Gasteiger partial charge is 0.352 e. The topological polar surface area (TPSA) is 86.8 Å². The van der Waals surface area contributed by atoms with Gasteiger partial charge in [-0.1, -0.05) is 97.3 Å². The van der Waals surface area contributed by atoms with E-state index in [0.717, 1.165) is 41.1 Å². The second-order valence-electron chi connectivity index (χ2n) is 11.5. The average Bonchev–Trinajstić information content (AvgIpc) is 3.56. The zero-order chi connectivity index (χ0) is 31.8. The normalized spacial score (nSPS) is 14.1. The molecule has 234 valence electrons. The van der Waals surface area contributed by atoms with Gasteiger partial charge in [-0.25, -0.2) is 12.8 Å². The molecule has 0 unspecified atom stereocenters. The van der Waals surface area contributed by atoms with Gasteiger partial charge in [-0.3, -0.25) is 13.9 Å². The molecule has 1 atom stereocenters. The number of anilines is 1. The first kappa shape index (κ1) is 31.9. The van der Waals surface area contributed by atoms with Crippen molar-refractivity contribution in [2.45, 2.75) is 62.6 Å². The number of carbonyl (C=O) groups is 2. The zero-order valence-corrected chi connectivity index (χ0v) is 26.1. The minimum Gasteiger partial charge on any atom is -0.352 e. The molecule has 7 nitrogen and oxygen atoms in total. The molecular formula is C36H38FN3O4S. The summed E-state index contributed by atoms with van der Waals surface area (Å²) in [7, 11) is -4.19. The van der Waals surface area contributed by atoms with Crippen molar-refractivity contribution in [3.05, 3.63) is 132 Å². The Labute approximate surface area is 264 Å². The van der Waals surface area contributed by atoms with Gasteiger partial charge >= 0.3 is 0 Å². The third-order valence-corrected chi connectivity index (χ3v) is 9.99. The molecule has 1 aliphatic carbocycles. The first-order valence-electron chi connectivity index (χ1n) is 15.2. The number of nitrogens with one attached hydrogen (secondary N) is 1. The smallest absolute Gasteiger partial charge is 0.264 e. The second kappa shape index (κ2) is 14.5. The van der Waals surface area contributed by atoms with Gasteiger partial charge in [0.2, 0.25) is 11.8 Å². The molecule has 4 aromatic carbocycles. The van der Waals surface area contributed by atoms with Crippen LogP contribution in [0.15, 0.2) is 114 Å². The van der Waals surface area contributed by atoms with E-state index >= 15 is 4.39 Å². The summed E-state index contributed by atoms with van der Waals surface area (Å²) >= 11 is 0. The molecule has 1 saturated carbocycles. The molecule has 0 aliphatic heterocycles. The van der Waals surface area contributed by atoms with Crippen molar-refractivity contribution in [1.82, 2.24) is 10.2 Å². The predicted octanol–water partition coefficient (Wildman–Crippen LogP) is 6.03. The number of nitrogens with zero attached hydrogens (tertiary/aromatic N) is 2. The van der Waals surface area contributed by atoms with Crippen LogP contribution in [0.5, 0.6) is 0 Å². The quantitative estimate of drug-likeness (QED) is 0.208. The second-order valence-corrected chi connectivity index (χ2v) is 13.3. The highest BCUT2D eigenvalue weighted by molar-refractivity contribution is 7.92. The molecule has 0 aromatic heterocycles. The van der Waals surface area contributed by atoms with Gasteiger partial charge in [-0.15, -0.1) is 0 Å². The molecule has 1 N–H and O–H groups in total. The number of hydrogen-bond acceptors (Lipinski definition) is 4. The summed E-state index contributed by atoms with van der Waals surface area (Å²) in [6, 6.07) is 29.2. The van der Waals surface area contributed by atoms with E-state index in [-0.39, 0.29) is 35.4 Å². The lowest BCUT2D eigenvalue weighted by molar-refractivity contribution is -0.140. The molecule has 0 heterocycles. The Morgan fingerprint density at radius 3 is 2.09 bits per heavy atom. The fraction of sp³-hybridized carbons (Fsp3) is 0.278. The summed E-state index contributed by atoms with van der Waals surface area (Å²) in [5.74, 6) is -1.48. The van der Waals surface area contributed by atoms with Crippen molar-refractivity contribution in [2.75, 3.05) is 10.8 Å². The minimum absolute atomic E-state index is 0.0105. The van der Waals surface area contributed by atoms with Gasteiger partial charge in [0, 0.05) is 24.6 Å². The first-order chi connectivity index (χ1) is 21.7. The maximum Gasteiger partial charge on any atom is 0.264 e. The molecule has 1 aliphatic rings. The molecule has 0 spiro atoms. The fourth-order valence-corrected chi connectivity index (χ4v) is 7.13. The Morgan fingerprint density at radius 2 is 1.44 bits per heavy atom. The van der Waals surface area contributed by atoms with Crippen molar-refractivity contribution in [1.29, 1.82) is 0 Å². The first-order valence-corrected chi connectivity index (χ1v) is 16.7. The maximum atomic E-state index is 15.1. The predicted molar refractivity (Wildman–Crippen MR) is 173 cm³/mol. The Bertz CT molecular complexity index is 1690. The SMILES string of the molecule is Cc1ccc(N(CC(=O)N(Cc2ccccc2F)[C@H](Cc2ccccc2)C(=O)NC2CCCC2)S(=O)(=O)c2ccccc2)cc1. The van der Waals surface area contributed by atoms with E-state index in [9.17, 15) is 18.0 Å². The summed E-state index contributed by atoms with van der Waals surface area (Å²) in [5.41, 5.74) is 2.28. The number of hydrogen-bond donors (Lipinski definition) is 1. The number of rotatable bonds is 12. The summed E-state index contributed by atoms with van der Waals surface area (Å²) in [5, 5.41) is 3.12. The zero-order valence-electron chi connectivity index (χ0n) is 25.3. The lowest BCUT2D eigenvalue weighted by Gasteiger charge is -2.34. The molecule has 0 radical (unpaired) electrons. The lowest BCUT2D eigenvalue weighted by atomic mass is 10.0. The molecule has 1 fully saturated rings. The minimum atomic E-state index is -4.19. The van der Waals surface area contributed by atoms with Crippen molar-refractivity contribution >= 4 is 27.5 Å². The van der Waals surface area contributed by atoms with Crippen LogP contribution in [0.2, 0.25) is 0 Å². The Morgan fingerprint density at radius 1 is 0.844 bits per heavy atom. The van der Waals surface area contributed by atoms with Crippen molar-refractivity contribution in [3.8, 4) is 0 Å². The molecule has 4 aromatic rings. The van der Waals surface area contributed by atoms with Crippen LogP contribution in [0.25, 0.3) is 0 Å². The summed E-state index contributed by atoms with van der Waals surface area (Å²) < 4.78 is 44.2. The Hall–Kier alpha value is -4.50. The van der Waals surface area contributed by atoms with E-state index in [1.165, 1.54) is 23.1 Å². The molecule has 2 amide bonds. The van der Waals surface area contributed by atoms with Crippen LogP contribution in [-0.2, 0) is 32.6 Å². The molecule has 0 bridgehead atoms. The molecule has 5 rings (SSSR count). The maximum absolute atomic E-state index is 15.1. The van der Waals surface area contributed by atoms with Crippen molar-refractivity contribution in [2.24, 2.45) is 0 Å². The van der Waals surface area contributed by atoms with Crippen LogP contribution in [0.3, 0.4) is 0 Å². The van der Waals surface area contributed by atoms with Gasteiger partial charge in [-0.2, -0.15) is 0 Å². The number of benzene rings is 4. The lowest BCUT2D eigenvalue weighted by Crippen LogP contribution is -2.54. The average molecular weight is 628 g/mol. The van der Waals surface area contributed by atoms with Crippen LogP contribution in [0, 0.1) is 12.7 Å². The Kier molecular flexibility index (Phi) is 10.3. The van der Waals surface area contributed by atoms with Crippen molar-refractivity contribution in [3.63, 3.8) is 0 Å². The third-order valence-electron chi connectivity index (χ3n) is 8.20. The third kappa shape index (κ3) is 7.97. The molecule has 45 heavy (non-hydrogen) atoms. The highest BCUT2D eigenvalue weighted by Crippen LogP contribution is 2.26. The van der Waals surface area contributed by atoms with Gasteiger partial charge in [0.25, 0.3) is 10.0 Å². The number of sulfonamides is 1. The van der Waals surface area contributed by atoms with Crippen LogP contribution in [0.4, 0.5) is 10.1 Å². The highest BCUT2D eigenvalue weighted by atomic mass is 32.2. The Balaban J connectivity index is 1.56. The summed E-state index contributed by atoms with van der Waals surface area (Å²) in [6.07, 6.45) is 3.89. The van der Waals surface area contributed by atoms with Crippen LogP contribution in [-0.4, -0.2) is 43.8 Å². The van der Waals surface area contributed by atoms with Gasteiger partial charge in [0.05, 0.1) is 10.6 Å². The standard InChI is InChI=1S/C36H38FN3O4S/c1-27-20-22-31(23-21-27)40(45(43,44)32-17-6-3-7-18-32)26-35(41)39(25-29-14-8-11-19-33(29)37)34(24-28-12-4-2-5-13-28)36(42)38-30-15-9-10-16-30/h2-8,11-14,17-23,30,34H,9-10,15-16,24-26H2,1H3,(H,38,42)/t34-/m1/s1.